The molecule has 4 aliphatic rings. The number of hydrogen-bond donors (Lipinski definition) is 1. The lowest BCUT2D eigenvalue weighted by atomic mass is 9.92. The van der Waals surface area contributed by atoms with E-state index in [4.69, 9.17) is 10.5 Å². The summed E-state index contributed by atoms with van der Waals surface area (Å²) in [5, 5.41) is 9.28. The van der Waals surface area contributed by atoms with E-state index in [1.54, 1.807) is 11.9 Å². The number of rotatable bonds is 8. The molecule has 0 spiro atoms. The van der Waals surface area contributed by atoms with E-state index in [-0.39, 0.29) is 86.9 Å². The number of hydrogen-bond acceptors (Lipinski definition) is 9. The number of benzene rings is 2. The standard InChI is InChI=1S/C37H37F6N7O2S/c1-3-25-26(9-12-50(25)34(51)18-5-6-18)48(2)33-21-13-23(37(41,42)43)28(20-7-8-24(39)31-27(20)22(15-44)32(45)53-31)29(40)30(21)46-35(47-33)52-17-36-10-4-11-49(36)16-19(38)14-36/h7-8,13,18-19,25-26H,3-6,9-12,14,16-17,45H2,1-2H3. The first-order chi connectivity index (χ1) is 25.3. The molecule has 0 radical (unpaired) electrons. The number of fused-ring (bicyclic) bond motifs is 3. The van der Waals surface area contributed by atoms with Gasteiger partial charge in [0.2, 0.25) is 5.91 Å². The summed E-state index contributed by atoms with van der Waals surface area (Å²) in [5.74, 6) is -2.19. The van der Waals surface area contributed by atoms with Crippen LogP contribution < -0.4 is 15.4 Å². The number of likely N-dealkylation sites (tertiary alicyclic amines) is 1. The van der Waals surface area contributed by atoms with Crippen LogP contribution in [0.15, 0.2) is 18.2 Å². The first-order valence-corrected chi connectivity index (χ1v) is 18.7. The summed E-state index contributed by atoms with van der Waals surface area (Å²) < 4.78 is 98.2. The number of amides is 1. The smallest absolute Gasteiger partial charge is 0.417 e. The molecular formula is C37H37F6N7O2S. The maximum absolute atomic E-state index is 17.3. The monoisotopic (exact) mass is 757 g/mol. The fourth-order valence-corrected chi connectivity index (χ4v) is 9.89. The van der Waals surface area contributed by atoms with Crippen LogP contribution in [0.5, 0.6) is 6.01 Å². The third-order valence-electron chi connectivity index (χ3n) is 11.6. The molecule has 1 aliphatic carbocycles. The van der Waals surface area contributed by atoms with Crippen molar-refractivity contribution in [2.75, 3.05) is 43.9 Å². The Morgan fingerprint density at radius 3 is 2.68 bits per heavy atom. The van der Waals surface area contributed by atoms with Crippen molar-refractivity contribution in [1.82, 2.24) is 19.8 Å². The molecule has 0 bridgehead atoms. The number of ether oxygens (including phenoxy) is 1. The summed E-state index contributed by atoms with van der Waals surface area (Å²) in [4.78, 5) is 27.7. The summed E-state index contributed by atoms with van der Waals surface area (Å²) in [6, 6.07) is 3.59. The van der Waals surface area contributed by atoms with Crippen LogP contribution >= 0.6 is 11.3 Å². The van der Waals surface area contributed by atoms with Gasteiger partial charge in [-0.25, -0.2) is 13.2 Å². The number of nitriles is 1. The van der Waals surface area contributed by atoms with E-state index in [0.717, 1.165) is 37.5 Å². The van der Waals surface area contributed by atoms with Crippen molar-refractivity contribution in [3.8, 4) is 23.2 Å². The first-order valence-electron chi connectivity index (χ1n) is 17.8. The van der Waals surface area contributed by atoms with Crippen molar-refractivity contribution in [1.29, 1.82) is 5.26 Å². The Kier molecular flexibility index (Phi) is 8.68. The normalized spacial score (nSPS) is 24.7. The van der Waals surface area contributed by atoms with Crippen LogP contribution in [-0.2, 0) is 11.0 Å². The highest BCUT2D eigenvalue weighted by molar-refractivity contribution is 7.23. The first kappa shape index (κ1) is 35.7. The lowest BCUT2D eigenvalue weighted by Crippen LogP contribution is -2.46. The number of carbonyl (C=O) groups is 1. The van der Waals surface area contributed by atoms with E-state index in [1.165, 1.54) is 0 Å². The number of alkyl halides is 4. The molecule has 4 unspecified atom stereocenters. The third kappa shape index (κ3) is 5.81. The third-order valence-corrected chi connectivity index (χ3v) is 12.6. The van der Waals surface area contributed by atoms with Gasteiger partial charge in [0.05, 0.1) is 33.4 Å². The molecule has 5 heterocycles. The summed E-state index contributed by atoms with van der Waals surface area (Å²) in [7, 11) is 1.65. The summed E-state index contributed by atoms with van der Waals surface area (Å²) >= 11 is 0.686. The van der Waals surface area contributed by atoms with Gasteiger partial charge in [-0.3, -0.25) is 9.69 Å². The van der Waals surface area contributed by atoms with Gasteiger partial charge in [-0.15, -0.1) is 11.3 Å². The minimum absolute atomic E-state index is 0.0137. The van der Waals surface area contributed by atoms with Crippen LogP contribution in [0, 0.1) is 28.9 Å². The van der Waals surface area contributed by atoms with Crippen molar-refractivity contribution in [2.24, 2.45) is 5.92 Å². The number of halogens is 6. The topological polar surface area (TPSA) is 112 Å². The molecule has 1 saturated carbocycles. The quantitative estimate of drug-likeness (QED) is 0.185. The van der Waals surface area contributed by atoms with Crippen molar-refractivity contribution in [2.45, 2.75) is 81.8 Å². The zero-order valence-electron chi connectivity index (χ0n) is 29.1. The van der Waals surface area contributed by atoms with Gasteiger partial charge < -0.3 is 20.3 Å². The predicted molar refractivity (Wildman–Crippen MR) is 188 cm³/mol. The molecule has 4 fully saturated rings. The molecule has 1 amide bonds. The zero-order valence-corrected chi connectivity index (χ0v) is 29.9. The second kappa shape index (κ2) is 12.9. The van der Waals surface area contributed by atoms with Gasteiger partial charge in [-0.1, -0.05) is 13.0 Å². The number of nitrogen functional groups attached to an aromatic ring is 1. The van der Waals surface area contributed by atoms with Crippen molar-refractivity contribution in [3.05, 3.63) is 41.0 Å². The van der Waals surface area contributed by atoms with Crippen molar-refractivity contribution in [3.63, 3.8) is 0 Å². The van der Waals surface area contributed by atoms with Crippen LogP contribution in [0.4, 0.5) is 37.2 Å². The van der Waals surface area contributed by atoms with E-state index in [9.17, 15) is 18.8 Å². The Bertz CT molecular complexity index is 2190. The maximum Gasteiger partial charge on any atom is 0.417 e. The summed E-state index contributed by atoms with van der Waals surface area (Å²) in [6.45, 7) is 3.33. The molecular weight excluding hydrogens is 721 g/mol. The molecule has 16 heteroatoms. The van der Waals surface area contributed by atoms with Gasteiger partial charge >= 0.3 is 12.2 Å². The van der Waals surface area contributed by atoms with Gasteiger partial charge in [-0.05, 0) is 62.8 Å². The Balaban J connectivity index is 1.32. The van der Waals surface area contributed by atoms with E-state index in [2.05, 4.69) is 9.97 Å². The average molecular weight is 758 g/mol. The summed E-state index contributed by atoms with van der Waals surface area (Å²) in [6.07, 6.45) is -1.72. The Morgan fingerprint density at radius 1 is 1.21 bits per heavy atom. The van der Waals surface area contributed by atoms with Gasteiger partial charge in [0.15, 0.2) is 5.82 Å². The van der Waals surface area contributed by atoms with Crippen LogP contribution in [0.1, 0.15) is 63.0 Å². The van der Waals surface area contributed by atoms with Crippen LogP contribution in [0.3, 0.4) is 0 Å². The number of likely N-dealkylation sites (N-methyl/N-ethyl adjacent to an activating group) is 1. The summed E-state index contributed by atoms with van der Waals surface area (Å²) in [5.41, 5.74) is 1.95. The highest BCUT2D eigenvalue weighted by Crippen LogP contribution is 2.49. The number of anilines is 2. The fraction of sp³-hybridized carbons (Fsp3) is 0.514. The van der Waals surface area contributed by atoms with Crippen LogP contribution in [-0.4, -0.2) is 82.8 Å². The number of aromatic nitrogens is 2. The lowest BCUT2D eigenvalue weighted by molar-refractivity contribution is -0.137. The van der Waals surface area contributed by atoms with E-state index in [1.807, 2.05) is 22.8 Å². The fourth-order valence-electron chi connectivity index (χ4n) is 8.94. The van der Waals surface area contributed by atoms with Gasteiger partial charge in [0.25, 0.3) is 0 Å². The highest BCUT2D eigenvalue weighted by atomic mass is 32.1. The SMILES string of the molecule is CCC1C(N(C)c2nc(OCC34CCCN3CC(F)C4)nc3c(F)c(-c4ccc(F)c5sc(N)c(C#N)c45)c(C(F)(F)F)cc23)CCN1C(=O)C1CC1. The highest BCUT2D eigenvalue weighted by Gasteiger charge is 2.50. The van der Waals surface area contributed by atoms with E-state index >= 15 is 17.6 Å². The molecule has 2 aromatic carbocycles. The number of thiophene rings is 1. The van der Waals surface area contributed by atoms with Crippen molar-refractivity contribution >= 4 is 49.1 Å². The van der Waals surface area contributed by atoms with Gasteiger partial charge in [0.1, 0.15) is 41.0 Å². The molecule has 4 atom stereocenters. The maximum atomic E-state index is 17.3. The number of carbonyl (C=O) groups excluding carboxylic acids is 1. The predicted octanol–water partition coefficient (Wildman–Crippen LogP) is 7.44. The minimum Gasteiger partial charge on any atom is -0.461 e. The molecule has 53 heavy (non-hydrogen) atoms. The van der Waals surface area contributed by atoms with Crippen LogP contribution in [0.25, 0.3) is 32.1 Å². The Hall–Kier alpha value is -4.36. The van der Waals surface area contributed by atoms with Crippen molar-refractivity contribution < 1.29 is 35.9 Å². The molecule has 9 nitrogen and oxygen atoms in total. The molecule has 280 valence electrons. The lowest BCUT2D eigenvalue weighted by Gasteiger charge is -2.34. The zero-order chi connectivity index (χ0) is 37.6. The Labute approximate surface area is 305 Å². The number of nitrogens with zero attached hydrogens (tertiary/aromatic N) is 6. The molecule has 2 N–H and O–H groups in total. The van der Waals surface area contributed by atoms with Crippen LogP contribution in [0.2, 0.25) is 0 Å². The average Bonchev–Trinajstić information content (AvgIpc) is 3.45. The molecule has 3 aliphatic heterocycles. The second-order valence-corrected chi connectivity index (χ2v) is 15.8. The van der Waals surface area contributed by atoms with E-state index in [0.29, 0.717) is 43.7 Å². The molecule has 8 rings (SSSR count). The molecule has 3 saturated heterocycles. The largest absolute Gasteiger partial charge is 0.461 e. The second-order valence-electron chi connectivity index (χ2n) is 14.7. The molecule has 2 aromatic heterocycles. The van der Waals surface area contributed by atoms with Gasteiger partial charge in [0, 0.05) is 48.8 Å². The van der Waals surface area contributed by atoms with Gasteiger partial charge in [-0.2, -0.15) is 28.4 Å². The minimum atomic E-state index is -5.12. The van der Waals surface area contributed by atoms with E-state index < -0.39 is 46.2 Å². The number of nitrogens with two attached hydrogens (primary N) is 1. The Morgan fingerprint density at radius 2 is 1.98 bits per heavy atom. The molecule has 4 aromatic rings.